The highest BCUT2D eigenvalue weighted by Gasteiger charge is 1.93. The number of hydrogen-bond acceptors (Lipinski definition) is 2. The summed E-state index contributed by atoms with van der Waals surface area (Å²) in [6, 6.07) is 18.7. The Bertz CT molecular complexity index is 513. The molecule has 0 saturated carbocycles. The van der Waals surface area contributed by atoms with Gasteiger partial charge in [0.05, 0.1) is 3.79 Å². The van der Waals surface area contributed by atoms with Gasteiger partial charge in [0.2, 0.25) is 0 Å². The molecule has 0 radical (unpaired) electrons. The summed E-state index contributed by atoms with van der Waals surface area (Å²) >= 11 is 6.77. The van der Waals surface area contributed by atoms with Crippen LogP contribution in [0.3, 0.4) is 0 Å². The van der Waals surface area contributed by atoms with E-state index in [4.69, 9.17) is 0 Å². The third-order valence-corrected chi connectivity index (χ3v) is 4.46. The van der Waals surface area contributed by atoms with Crippen molar-refractivity contribution in [2.75, 3.05) is 0 Å². The predicted octanol–water partition coefficient (Wildman–Crippen LogP) is 5.93. The molecule has 86 valence electrons. The van der Waals surface area contributed by atoms with Crippen LogP contribution in [0, 0.1) is 0 Å². The van der Waals surface area contributed by atoms with Crippen LogP contribution in [0.25, 0.3) is 10.4 Å². The summed E-state index contributed by atoms with van der Waals surface area (Å²) in [6.07, 6.45) is 0. The van der Waals surface area contributed by atoms with Crippen molar-refractivity contribution in [3.63, 3.8) is 0 Å². The molecule has 0 spiro atoms. The van der Waals surface area contributed by atoms with Crippen LogP contribution in [0.5, 0.6) is 0 Å². The predicted molar refractivity (Wildman–Crippen MR) is 81.8 cm³/mol. The number of thiophene rings is 2. The third kappa shape index (κ3) is 4.11. The summed E-state index contributed by atoms with van der Waals surface area (Å²) in [7, 11) is 0. The van der Waals surface area contributed by atoms with Gasteiger partial charge in [0.1, 0.15) is 0 Å². The van der Waals surface area contributed by atoms with Gasteiger partial charge in [-0.1, -0.05) is 42.5 Å². The van der Waals surface area contributed by atoms with Gasteiger partial charge in [-0.15, -0.1) is 22.7 Å². The molecule has 0 unspecified atom stereocenters. The van der Waals surface area contributed by atoms with Crippen LogP contribution in [0.4, 0.5) is 0 Å². The van der Waals surface area contributed by atoms with E-state index >= 15 is 0 Å². The Labute approximate surface area is 118 Å². The van der Waals surface area contributed by atoms with E-state index in [2.05, 4.69) is 57.7 Å². The number of hydrogen-bond donors (Lipinski definition) is 0. The molecule has 3 rings (SSSR count). The van der Waals surface area contributed by atoms with Gasteiger partial charge in [-0.05, 0) is 44.4 Å². The van der Waals surface area contributed by atoms with Crippen LogP contribution in [0.2, 0.25) is 0 Å². The summed E-state index contributed by atoms with van der Waals surface area (Å²) in [5, 5.41) is 4.13. The van der Waals surface area contributed by atoms with Crippen molar-refractivity contribution >= 4 is 38.6 Å². The first kappa shape index (κ1) is 12.6. The van der Waals surface area contributed by atoms with Crippen molar-refractivity contribution in [1.29, 1.82) is 0 Å². The minimum Gasteiger partial charge on any atom is -0.144 e. The first-order valence-electron chi connectivity index (χ1n) is 5.14. The summed E-state index contributed by atoms with van der Waals surface area (Å²) in [6.45, 7) is 0. The minimum absolute atomic E-state index is 1.20. The van der Waals surface area contributed by atoms with E-state index in [9.17, 15) is 0 Å². The standard InChI is InChI=1S/C10H8S.C4H3BrS/c1-2-5-9(6-3-1)10-7-4-8-11-10;5-4-2-1-3-6-4/h1-8H;1-3H. The zero-order valence-corrected chi connectivity index (χ0v) is 12.3. The third-order valence-electron chi connectivity index (χ3n) is 2.07. The largest absolute Gasteiger partial charge is 0.144 e. The van der Waals surface area contributed by atoms with Crippen LogP contribution in [-0.4, -0.2) is 0 Å². The molecule has 1 aromatic carbocycles. The molecule has 0 saturated heterocycles. The Balaban J connectivity index is 0.000000153. The molecule has 17 heavy (non-hydrogen) atoms. The summed E-state index contributed by atoms with van der Waals surface area (Å²) in [4.78, 5) is 1.34. The highest BCUT2D eigenvalue weighted by Crippen LogP contribution is 2.23. The fourth-order valence-electron chi connectivity index (χ4n) is 1.30. The summed E-state index contributed by atoms with van der Waals surface area (Å²) in [5.74, 6) is 0. The molecule has 2 aromatic heterocycles. The highest BCUT2D eigenvalue weighted by molar-refractivity contribution is 9.11. The van der Waals surface area contributed by atoms with E-state index in [-0.39, 0.29) is 0 Å². The van der Waals surface area contributed by atoms with Gasteiger partial charge in [-0.2, -0.15) is 0 Å². The molecule has 0 amide bonds. The lowest BCUT2D eigenvalue weighted by atomic mass is 10.2. The van der Waals surface area contributed by atoms with Crippen molar-refractivity contribution < 1.29 is 0 Å². The fourth-order valence-corrected chi connectivity index (χ4v) is 2.96. The normalized spacial score (nSPS) is 9.47. The maximum atomic E-state index is 3.30. The lowest BCUT2D eigenvalue weighted by Crippen LogP contribution is -1.67. The van der Waals surface area contributed by atoms with Crippen molar-refractivity contribution in [2.45, 2.75) is 0 Å². The maximum Gasteiger partial charge on any atom is 0.0698 e. The van der Waals surface area contributed by atoms with E-state index in [1.54, 1.807) is 22.7 Å². The van der Waals surface area contributed by atoms with E-state index in [1.165, 1.54) is 14.2 Å². The molecule has 0 N–H and O–H groups in total. The Morgan fingerprint density at radius 1 is 0.706 bits per heavy atom. The smallest absolute Gasteiger partial charge is 0.0698 e. The molecule has 0 aliphatic carbocycles. The molecular weight excluding hydrogens is 312 g/mol. The van der Waals surface area contributed by atoms with Crippen LogP contribution >= 0.6 is 38.6 Å². The van der Waals surface area contributed by atoms with Gasteiger partial charge < -0.3 is 0 Å². The second-order valence-corrected chi connectivity index (χ2v) is 6.54. The van der Waals surface area contributed by atoms with Gasteiger partial charge in [-0.3, -0.25) is 0 Å². The number of rotatable bonds is 1. The second kappa shape index (κ2) is 6.74. The maximum absolute atomic E-state index is 3.30. The molecule has 0 nitrogen and oxygen atoms in total. The Kier molecular flexibility index (Phi) is 4.98. The van der Waals surface area contributed by atoms with Crippen LogP contribution in [0.1, 0.15) is 0 Å². The molecule has 0 atom stereocenters. The number of halogens is 1. The first-order chi connectivity index (χ1) is 8.36. The topological polar surface area (TPSA) is 0 Å². The molecule has 2 heterocycles. The quantitative estimate of drug-likeness (QED) is 0.521. The zero-order chi connectivity index (χ0) is 11.9. The monoisotopic (exact) mass is 322 g/mol. The van der Waals surface area contributed by atoms with Crippen LogP contribution in [0.15, 0.2) is 69.1 Å². The van der Waals surface area contributed by atoms with Gasteiger partial charge in [0.25, 0.3) is 0 Å². The fraction of sp³-hybridized carbons (Fsp3) is 0. The van der Waals surface area contributed by atoms with Crippen molar-refractivity contribution in [3.8, 4) is 10.4 Å². The van der Waals surface area contributed by atoms with Gasteiger partial charge >= 0.3 is 0 Å². The average Bonchev–Trinajstić information content (AvgIpc) is 3.03. The van der Waals surface area contributed by atoms with Crippen molar-refractivity contribution in [1.82, 2.24) is 0 Å². The van der Waals surface area contributed by atoms with E-state index < -0.39 is 0 Å². The highest BCUT2D eigenvalue weighted by atomic mass is 79.9. The van der Waals surface area contributed by atoms with Crippen molar-refractivity contribution in [3.05, 3.63) is 69.1 Å². The lowest BCUT2D eigenvalue weighted by molar-refractivity contribution is 1.70. The molecule has 3 aromatic rings. The summed E-state index contributed by atoms with van der Waals surface area (Å²) < 4.78 is 1.20. The molecule has 0 aliphatic rings. The van der Waals surface area contributed by atoms with E-state index in [0.29, 0.717) is 0 Å². The summed E-state index contributed by atoms with van der Waals surface area (Å²) in [5.41, 5.74) is 1.31. The van der Waals surface area contributed by atoms with Gasteiger partial charge in [-0.25, -0.2) is 0 Å². The molecule has 3 heteroatoms. The zero-order valence-electron chi connectivity index (χ0n) is 9.05. The van der Waals surface area contributed by atoms with Crippen molar-refractivity contribution in [2.24, 2.45) is 0 Å². The molecule has 0 bridgehead atoms. The molecular formula is C14H11BrS2. The second-order valence-electron chi connectivity index (χ2n) is 3.26. The van der Waals surface area contributed by atoms with Gasteiger partial charge in [0.15, 0.2) is 0 Å². The number of benzene rings is 1. The Morgan fingerprint density at radius 3 is 1.88 bits per heavy atom. The molecule has 0 aliphatic heterocycles. The van der Waals surface area contributed by atoms with E-state index in [0.717, 1.165) is 0 Å². The first-order valence-corrected chi connectivity index (χ1v) is 7.69. The van der Waals surface area contributed by atoms with Crippen LogP contribution < -0.4 is 0 Å². The lowest BCUT2D eigenvalue weighted by Gasteiger charge is -1.93. The van der Waals surface area contributed by atoms with Gasteiger partial charge in [0, 0.05) is 4.88 Å². The van der Waals surface area contributed by atoms with Crippen LogP contribution in [-0.2, 0) is 0 Å². The Morgan fingerprint density at radius 2 is 1.41 bits per heavy atom. The SMILES string of the molecule is Brc1cccs1.c1ccc(-c2cccs2)cc1. The minimum atomic E-state index is 1.20. The average molecular weight is 323 g/mol. The Hall–Kier alpha value is -0.900. The van der Waals surface area contributed by atoms with E-state index in [1.807, 2.05) is 23.6 Å². The molecule has 0 fully saturated rings.